The monoisotopic (exact) mass is 412 g/mol. The summed E-state index contributed by atoms with van der Waals surface area (Å²) in [6.45, 7) is 9.77. The molecule has 0 radical (unpaired) electrons. The zero-order valence-corrected chi connectivity index (χ0v) is 16.7. The second-order valence-corrected chi connectivity index (χ2v) is 6.48. The van der Waals surface area contributed by atoms with Crippen LogP contribution in [0.15, 0.2) is 66.8 Å². The van der Waals surface area contributed by atoms with Crippen LogP contribution < -0.4 is 9.47 Å². The summed E-state index contributed by atoms with van der Waals surface area (Å²) in [4.78, 5) is 34.6. The molecule has 0 fully saturated rings. The van der Waals surface area contributed by atoms with Crippen LogP contribution in [0.25, 0.3) is 11.1 Å². The Morgan fingerprint density at radius 3 is 2.03 bits per heavy atom. The lowest BCUT2D eigenvalue weighted by atomic mass is 10.1. The van der Waals surface area contributed by atoms with Crippen LogP contribution in [0.2, 0.25) is 0 Å². The molecule has 0 aromatic heterocycles. The summed E-state index contributed by atoms with van der Waals surface area (Å²) in [5.74, 6) is -2.50. The molecule has 7 heteroatoms. The van der Waals surface area contributed by atoms with Crippen LogP contribution in [0, 0.1) is 5.82 Å². The molecule has 0 spiro atoms. The third-order valence-electron chi connectivity index (χ3n) is 3.79. The number of hydrogen-bond acceptors (Lipinski definition) is 6. The van der Waals surface area contributed by atoms with Crippen molar-refractivity contribution in [3.05, 3.63) is 72.6 Å². The Balaban J connectivity index is 1.98. The highest BCUT2D eigenvalue weighted by atomic mass is 19.1. The average molecular weight is 412 g/mol. The van der Waals surface area contributed by atoms with Crippen LogP contribution in [-0.2, 0) is 19.1 Å². The van der Waals surface area contributed by atoms with Gasteiger partial charge in [-0.05, 0) is 49.2 Å². The van der Waals surface area contributed by atoms with Crippen molar-refractivity contribution in [2.45, 2.75) is 20.3 Å². The van der Waals surface area contributed by atoms with Crippen LogP contribution in [0.3, 0.4) is 0 Å². The Bertz CT molecular complexity index is 991. The molecular formula is C23H21FO6. The smallest absolute Gasteiger partial charge is 0.338 e. The minimum Gasteiger partial charge on any atom is -0.462 e. The molecule has 30 heavy (non-hydrogen) atoms. The quantitative estimate of drug-likeness (QED) is 0.364. The van der Waals surface area contributed by atoms with Gasteiger partial charge in [-0.15, -0.1) is 0 Å². The van der Waals surface area contributed by atoms with Crippen molar-refractivity contribution in [2.75, 3.05) is 6.61 Å². The van der Waals surface area contributed by atoms with E-state index in [1.807, 2.05) is 0 Å². The number of rotatable bonds is 8. The number of carbonyl (C=O) groups is 3. The van der Waals surface area contributed by atoms with Crippen molar-refractivity contribution in [1.82, 2.24) is 0 Å². The Hall–Kier alpha value is -3.74. The van der Waals surface area contributed by atoms with Gasteiger partial charge in [-0.25, -0.2) is 14.0 Å². The Kier molecular flexibility index (Phi) is 7.63. The summed E-state index contributed by atoms with van der Waals surface area (Å²) in [7, 11) is 0. The first-order chi connectivity index (χ1) is 14.2. The van der Waals surface area contributed by atoms with Crippen LogP contribution >= 0.6 is 0 Å². The van der Waals surface area contributed by atoms with E-state index in [9.17, 15) is 18.8 Å². The van der Waals surface area contributed by atoms with Crippen LogP contribution in [0.1, 0.15) is 20.3 Å². The van der Waals surface area contributed by atoms with Crippen molar-refractivity contribution in [3.8, 4) is 22.6 Å². The van der Waals surface area contributed by atoms with E-state index in [1.165, 1.54) is 19.1 Å². The lowest BCUT2D eigenvalue weighted by molar-refractivity contribution is -0.142. The summed E-state index contributed by atoms with van der Waals surface area (Å²) in [5, 5.41) is 0. The first-order valence-electron chi connectivity index (χ1n) is 8.98. The van der Waals surface area contributed by atoms with Gasteiger partial charge in [-0.2, -0.15) is 0 Å². The lowest BCUT2D eigenvalue weighted by Crippen LogP contribution is -2.14. The fourth-order valence-electron chi connectivity index (χ4n) is 2.20. The predicted molar refractivity (Wildman–Crippen MR) is 108 cm³/mol. The van der Waals surface area contributed by atoms with E-state index in [0.717, 1.165) is 0 Å². The van der Waals surface area contributed by atoms with Crippen molar-refractivity contribution in [1.29, 1.82) is 0 Å². The molecule has 0 heterocycles. The number of esters is 3. The molecular weight excluding hydrogens is 391 g/mol. The molecule has 0 unspecified atom stereocenters. The lowest BCUT2D eigenvalue weighted by Gasteiger charge is -2.09. The first-order valence-corrected chi connectivity index (χ1v) is 8.98. The Morgan fingerprint density at radius 2 is 1.47 bits per heavy atom. The normalized spacial score (nSPS) is 10.1. The van der Waals surface area contributed by atoms with E-state index in [4.69, 9.17) is 14.2 Å². The van der Waals surface area contributed by atoms with Gasteiger partial charge in [0.15, 0.2) is 11.6 Å². The first kappa shape index (κ1) is 22.5. The van der Waals surface area contributed by atoms with E-state index in [1.54, 1.807) is 37.3 Å². The molecule has 0 atom stereocenters. The molecule has 0 aliphatic rings. The number of hydrogen-bond donors (Lipinski definition) is 0. The van der Waals surface area contributed by atoms with Crippen LogP contribution in [0.5, 0.6) is 11.5 Å². The second kappa shape index (κ2) is 10.2. The van der Waals surface area contributed by atoms with Crippen LogP contribution in [-0.4, -0.2) is 24.5 Å². The summed E-state index contributed by atoms with van der Waals surface area (Å²) >= 11 is 0. The molecule has 0 N–H and O–H groups in total. The molecule has 0 aliphatic heterocycles. The van der Waals surface area contributed by atoms with E-state index in [-0.39, 0.29) is 29.9 Å². The number of benzene rings is 2. The van der Waals surface area contributed by atoms with E-state index in [2.05, 4.69) is 13.2 Å². The fraction of sp³-hybridized carbons (Fsp3) is 0.174. The Morgan fingerprint density at radius 1 is 0.867 bits per heavy atom. The van der Waals surface area contributed by atoms with Gasteiger partial charge in [-0.3, -0.25) is 4.79 Å². The summed E-state index contributed by atoms with van der Waals surface area (Å²) in [6.07, 6.45) is -0.218. The highest BCUT2D eigenvalue weighted by Crippen LogP contribution is 2.27. The van der Waals surface area contributed by atoms with E-state index in [0.29, 0.717) is 16.9 Å². The molecule has 156 valence electrons. The molecule has 2 aromatic carbocycles. The number of halogens is 1. The van der Waals surface area contributed by atoms with Gasteiger partial charge in [0, 0.05) is 11.1 Å². The molecule has 2 aromatic rings. The molecule has 0 amide bonds. The molecule has 0 saturated carbocycles. The van der Waals surface area contributed by atoms with Crippen molar-refractivity contribution >= 4 is 17.9 Å². The zero-order chi connectivity index (χ0) is 22.3. The van der Waals surface area contributed by atoms with Crippen molar-refractivity contribution in [2.24, 2.45) is 0 Å². The fourth-order valence-corrected chi connectivity index (χ4v) is 2.20. The summed E-state index contributed by atoms with van der Waals surface area (Å²) < 4.78 is 29.2. The SMILES string of the molecule is C=C(C)C(=O)OCCC(=O)Oc1ccc(-c2ccc(OC(=O)C(=C)C)cc2)cc1F. The van der Waals surface area contributed by atoms with Gasteiger partial charge in [0.2, 0.25) is 0 Å². The zero-order valence-electron chi connectivity index (χ0n) is 16.7. The summed E-state index contributed by atoms with van der Waals surface area (Å²) in [6, 6.07) is 10.6. The summed E-state index contributed by atoms with van der Waals surface area (Å²) in [5.41, 5.74) is 1.71. The van der Waals surface area contributed by atoms with Crippen molar-refractivity contribution in [3.63, 3.8) is 0 Å². The third-order valence-corrected chi connectivity index (χ3v) is 3.79. The van der Waals surface area contributed by atoms with Gasteiger partial charge in [-0.1, -0.05) is 31.4 Å². The minimum atomic E-state index is -0.736. The Labute approximate surface area is 173 Å². The largest absolute Gasteiger partial charge is 0.462 e. The van der Waals surface area contributed by atoms with Gasteiger partial charge < -0.3 is 14.2 Å². The second-order valence-electron chi connectivity index (χ2n) is 6.48. The van der Waals surface area contributed by atoms with Crippen LogP contribution in [0.4, 0.5) is 4.39 Å². The molecule has 0 saturated heterocycles. The molecule has 2 rings (SSSR count). The van der Waals surface area contributed by atoms with Crippen molar-refractivity contribution < 1.29 is 33.0 Å². The van der Waals surface area contributed by atoms with Gasteiger partial charge in [0.1, 0.15) is 12.4 Å². The highest BCUT2D eigenvalue weighted by Gasteiger charge is 2.13. The number of ether oxygens (including phenoxy) is 3. The van der Waals surface area contributed by atoms with E-state index >= 15 is 0 Å². The van der Waals surface area contributed by atoms with Gasteiger partial charge in [0.05, 0.1) is 6.42 Å². The highest BCUT2D eigenvalue weighted by molar-refractivity contribution is 5.89. The standard InChI is InChI=1S/C23H21FO6/c1-14(2)22(26)28-12-11-21(25)30-20-10-7-17(13-19(20)24)16-5-8-18(9-6-16)29-23(27)15(3)4/h5-10,13H,1,3,11-12H2,2,4H3. The number of carbonyl (C=O) groups excluding carboxylic acids is 3. The third kappa shape index (κ3) is 6.41. The van der Waals surface area contributed by atoms with Gasteiger partial charge in [0.25, 0.3) is 0 Å². The predicted octanol–water partition coefficient (Wildman–Crippen LogP) is 4.39. The average Bonchev–Trinajstić information content (AvgIpc) is 2.69. The topological polar surface area (TPSA) is 78.9 Å². The molecule has 6 nitrogen and oxygen atoms in total. The molecule has 0 bridgehead atoms. The maximum atomic E-state index is 14.3. The molecule has 0 aliphatic carbocycles. The minimum absolute atomic E-state index is 0.188. The maximum Gasteiger partial charge on any atom is 0.338 e. The maximum absolute atomic E-state index is 14.3. The van der Waals surface area contributed by atoms with Gasteiger partial charge >= 0.3 is 17.9 Å². The van der Waals surface area contributed by atoms with E-state index < -0.39 is 23.7 Å².